The van der Waals surface area contributed by atoms with Gasteiger partial charge >= 0.3 is 0 Å². The average Bonchev–Trinajstić information content (AvgIpc) is 2.76. The summed E-state index contributed by atoms with van der Waals surface area (Å²) in [5.41, 5.74) is 1.46. The minimum Gasteiger partial charge on any atom is -0.303 e. The summed E-state index contributed by atoms with van der Waals surface area (Å²) in [5, 5.41) is 1.16. The van der Waals surface area contributed by atoms with E-state index >= 15 is 0 Å². The van der Waals surface area contributed by atoms with Crippen LogP contribution in [0.1, 0.15) is 18.4 Å². The monoisotopic (exact) mass is 281 g/mol. The molecule has 1 aliphatic rings. The number of benzene rings is 1. The standard InChI is InChI=1S/C14H20BrN/c15-9-6-14-8-11-16(12-14)10-7-13-4-2-1-3-5-13/h1-5,14H,6-12H2. The number of hydrogen-bond acceptors (Lipinski definition) is 1. The fraction of sp³-hybridized carbons (Fsp3) is 0.571. The molecule has 0 amide bonds. The summed E-state index contributed by atoms with van der Waals surface area (Å²) < 4.78 is 0. The lowest BCUT2D eigenvalue weighted by atomic mass is 10.1. The predicted molar refractivity (Wildman–Crippen MR) is 73.1 cm³/mol. The molecule has 1 aromatic rings. The van der Waals surface area contributed by atoms with Crippen molar-refractivity contribution in [3.05, 3.63) is 35.9 Å². The molecule has 0 aromatic heterocycles. The molecule has 1 saturated heterocycles. The summed E-state index contributed by atoms with van der Waals surface area (Å²) in [5.74, 6) is 0.926. The van der Waals surface area contributed by atoms with Crippen LogP contribution in [-0.2, 0) is 6.42 Å². The second kappa shape index (κ2) is 6.41. The molecule has 1 fully saturated rings. The summed E-state index contributed by atoms with van der Waals surface area (Å²) in [6, 6.07) is 10.8. The molecule has 1 nitrogen and oxygen atoms in total. The van der Waals surface area contributed by atoms with Gasteiger partial charge in [0.15, 0.2) is 0 Å². The van der Waals surface area contributed by atoms with Crippen LogP contribution in [0.15, 0.2) is 30.3 Å². The molecule has 1 aromatic carbocycles. The Hall–Kier alpha value is -0.340. The van der Waals surface area contributed by atoms with E-state index in [2.05, 4.69) is 51.2 Å². The van der Waals surface area contributed by atoms with Gasteiger partial charge in [-0.05, 0) is 37.3 Å². The van der Waals surface area contributed by atoms with Gasteiger partial charge in [-0.2, -0.15) is 0 Å². The van der Waals surface area contributed by atoms with Crippen molar-refractivity contribution in [2.75, 3.05) is 25.0 Å². The number of nitrogens with zero attached hydrogens (tertiary/aromatic N) is 1. The van der Waals surface area contributed by atoms with Gasteiger partial charge in [0, 0.05) is 18.4 Å². The summed E-state index contributed by atoms with van der Waals surface area (Å²) in [4.78, 5) is 2.61. The summed E-state index contributed by atoms with van der Waals surface area (Å²) in [6.07, 6.45) is 3.92. The zero-order chi connectivity index (χ0) is 11.2. The van der Waals surface area contributed by atoms with E-state index in [1.165, 1.54) is 44.5 Å². The average molecular weight is 282 g/mol. The van der Waals surface area contributed by atoms with Crippen molar-refractivity contribution < 1.29 is 0 Å². The van der Waals surface area contributed by atoms with Gasteiger partial charge in [0.25, 0.3) is 0 Å². The largest absolute Gasteiger partial charge is 0.303 e. The topological polar surface area (TPSA) is 3.24 Å². The van der Waals surface area contributed by atoms with Gasteiger partial charge in [0.05, 0.1) is 0 Å². The van der Waals surface area contributed by atoms with Gasteiger partial charge in [-0.15, -0.1) is 0 Å². The normalized spacial score (nSPS) is 21.4. The Morgan fingerprint density at radius 3 is 2.81 bits per heavy atom. The van der Waals surface area contributed by atoms with Crippen molar-refractivity contribution in [3.8, 4) is 0 Å². The zero-order valence-corrected chi connectivity index (χ0v) is 11.3. The molecule has 0 bridgehead atoms. The Labute approximate surface area is 107 Å². The molecular formula is C14H20BrN. The number of rotatable bonds is 5. The maximum atomic E-state index is 3.54. The molecule has 2 rings (SSSR count). The van der Waals surface area contributed by atoms with E-state index in [0.29, 0.717) is 0 Å². The highest BCUT2D eigenvalue weighted by atomic mass is 79.9. The lowest BCUT2D eigenvalue weighted by molar-refractivity contribution is 0.327. The van der Waals surface area contributed by atoms with E-state index in [1.807, 2.05) is 0 Å². The van der Waals surface area contributed by atoms with Crippen LogP contribution in [0.25, 0.3) is 0 Å². The molecule has 1 heterocycles. The highest BCUT2D eigenvalue weighted by Gasteiger charge is 2.20. The van der Waals surface area contributed by atoms with E-state index in [0.717, 1.165) is 11.2 Å². The van der Waals surface area contributed by atoms with Crippen molar-refractivity contribution in [1.82, 2.24) is 4.90 Å². The molecule has 0 saturated carbocycles. The van der Waals surface area contributed by atoms with E-state index in [4.69, 9.17) is 0 Å². The quantitative estimate of drug-likeness (QED) is 0.749. The predicted octanol–water partition coefficient (Wildman–Crippen LogP) is 3.34. The molecule has 1 unspecified atom stereocenters. The van der Waals surface area contributed by atoms with Crippen LogP contribution in [0.2, 0.25) is 0 Å². The van der Waals surface area contributed by atoms with E-state index < -0.39 is 0 Å². The van der Waals surface area contributed by atoms with Crippen LogP contribution in [0, 0.1) is 5.92 Å². The summed E-state index contributed by atoms with van der Waals surface area (Å²) >= 11 is 3.54. The first kappa shape index (κ1) is 12.1. The number of hydrogen-bond donors (Lipinski definition) is 0. The van der Waals surface area contributed by atoms with Crippen molar-refractivity contribution in [3.63, 3.8) is 0 Å². The number of alkyl halides is 1. The van der Waals surface area contributed by atoms with Gasteiger partial charge in [-0.1, -0.05) is 46.3 Å². The zero-order valence-electron chi connectivity index (χ0n) is 9.74. The number of halogens is 1. The molecule has 2 heteroatoms. The third-order valence-corrected chi connectivity index (χ3v) is 3.90. The third kappa shape index (κ3) is 3.60. The van der Waals surface area contributed by atoms with Gasteiger partial charge < -0.3 is 4.90 Å². The van der Waals surface area contributed by atoms with Gasteiger partial charge in [0.1, 0.15) is 0 Å². The molecular weight excluding hydrogens is 262 g/mol. The summed E-state index contributed by atoms with van der Waals surface area (Å²) in [6.45, 7) is 3.83. The maximum absolute atomic E-state index is 3.54. The lowest BCUT2D eigenvalue weighted by Gasteiger charge is -2.15. The van der Waals surface area contributed by atoms with Crippen molar-refractivity contribution in [2.24, 2.45) is 5.92 Å². The molecule has 0 aliphatic carbocycles. The Bertz CT molecular complexity index is 299. The fourth-order valence-electron chi connectivity index (χ4n) is 2.44. The molecule has 1 aliphatic heterocycles. The Kier molecular flexibility index (Phi) is 4.86. The Morgan fingerprint density at radius 2 is 2.06 bits per heavy atom. The van der Waals surface area contributed by atoms with E-state index in [-0.39, 0.29) is 0 Å². The summed E-state index contributed by atoms with van der Waals surface area (Å²) in [7, 11) is 0. The van der Waals surface area contributed by atoms with Crippen molar-refractivity contribution >= 4 is 15.9 Å². The lowest BCUT2D eigenvalue weighted by Crippen LogP contribution is -2.23. The molecule has 88 valence electrons. The molecule has 0 N–H and O–H groups in total. The molecule has 0 spiro atoms. The Morgan fingerprint density at radius 1 is 1.25 bits per heavy atom. The third-order valence-electron chi connectivity index (χ3n) is 3.45. The van der Waals surface area contributed by atoms with E-state index in [9.17, 15) is 0 Å². The van der Waals surface area contributed by atoms with Crippen LogP contribution in [0.4, 0.5) is 0 Å². The van der Waals surface area contributed by atoms with Crippen molar-refractivity contribution in [2.45, 2.75) is 19.3 Å². The molecule has 16 heavy (non-hydrogen) atoms. The molecule has 1 atom stereocenters. The van der Waals surface area contributed by atoms with Gasteiger partial charge in [-0.3, -0.25) is 0 Å². The second-order valence-corrected chi connectivity index (χ2v) is 5.46. The highest BCUT2D eigenvalue weighted by Crippen LogP contribution is 2.20. The Balaban J connectivity index is 1.72. The minimum absolute atomic E-state index is 0.926. The van der Waals surface area contributed by atoms with Crippen LogP contribution in [-0.4, -0.2) is 29.9 Å². The minimum atomic E-state index is 0.926. The maximum Gasteiger partial charge on any atom is 0.00344 e. The van der Waals surface area contributed by atoms with Gasteiger partial charge in [0.2, 0.25) is 0 Å². The van der Waals surface area contributed by atoms with E-state index in [1.54, 1.807) is 0 Å². The molecule has 0 radical (unpaired) electrons. The van der Waals surface area contributed by atoms with Crippen LogP contribution >= 0.6 is 15.9 Å². The van der Waals surface area contributed by atoms with Crippen molar-refractivity contribution in [1.29, 1.82) is 0 Å². The van der Waals surface area contributed by atoms with Crippen LogP contribution in [0.3, 0.4) is 0 Å². The number of likely N-dealkylation sites (tertiary alicyclic amines) is 1. The fourth-order valence-corrected chi connectivity index (χ4v) is 3.09. The van der Waals surface area contributed by atoms with Crippen LogP contribution in [0.5, 0.6) is 0 Å². The first-order valence-corrected chi connectivity index (χ1v) is 7.33. The van der Waals surface area contributed by atoms with Crippen LogP contribution < -0.4 is 0 Å². The first-order valence-electron chi connectivity index (χ1n) is 6.20. The van der Waals surface area contributed by atoms with Gasteiger partial charge in [-0.25, -0.2) is 0 Å². The second-order valence-electron chi connectivity index (χ2n) is 4.67. The smallest absolute Gasteiger partial charge is 0.00344 e. The SMILES string of the molecule is BrCCC1CCN(CCc2ccccc2)C1. The first-order chi connectivity index (χ1) is 7.88. The highest BCUT2D eigenvalue weighted by molar-refractivity contribution is 9.09.